The van der Waals surface area contributed by atoms with Crippen molar-refractivity contribution < 1.29 is 4.79 Å². The Labute approximate surface area is 99.7 Å². The maximum Gasteiger partial charge on any atom is 0.256 e. The fraction of sp³-hybridized carbons (Fsp3) is 0.250. The van der Waals surface area contributed by atoms with Crippen molar-refractivity contribution in [1.82, 2.24) is 10.0 Å². The normalized spacial score (nSPS) is 19.4. The molecule has 0 aromatic heterocycles. The summed E-state index contributed by atoms with van der Waals surface area (Å²) in [4.78, 5) is 12.1. The average Bonchev–Trinajstić information content (AvgIpc) is 2.53. The van der Waals surface area contributed by atoms with Gasteiger partial charge in [-0.25, -0.2) is 5.01 Å². The molecule has 17 heavy (non-hydrogen) atoms. The number of rotatable bonds is 0. The van der Waals surface area contributed by atoms with Crippen LogP contribution in [0.4, 0.5) is 11.4 Å². The van der Waals surface area contributed by atoms with Crippen LogP contribution in [0.1, 0.15) is 0 Å². The van der Waals surface area contributed by atoms with Gasteiger partial charge in [-0.3, -0.25) is 9.80 Å². The average molecular weight is 230 g/mol. The van der Waals surface area contributed by atoms with Crippen LogP contribution < -0.4 is 10.6 Å². The molecule has 0 atom stereocenters. The Bertz CT molecular complexity index is 523. The summed E-state index contributed by atoms with van der Waals surface area (Å²) >= 11 is 0. The third-order valence-electron chi connectivity index (χ3n) is 3.21. The van der Waals surface area contributed by atoms with Crippen LogP contribution in [0.25, 0.3) is 0 Å². The van der Waals surface area contributed by atoms with Gasteiger partial charge in [-0.05, 0) is 12.1 Å². The molecule has 2 aliphatic rings. The van der Waals surface area contributed by atoms with E-state index in [9.17, 15) is 4.79 Å². The number of nitrogens with zero attached hydrogens (tertiary/aromatic N) is 2. The van der Waals surface area contributed by atoms with E-state index in [0.29, 0.717) is 6.54 Å². The Hall–Kier alpha value is -2.01. The van der Waals surface area contributed by atoms with Gasteiger partial charge < -0.3 is 10.6 Å². The highest BCUT2D eigenvalue weighted by atomic mass is 16.2. The lowest BCUT2D eigenvalue weighted by Crippen LogP contribution is -2.32. The van der Waals surface area contributed by atoms with Crippen LogP contribution in [0, 0.1) is 0 Å². The molecule has 0 fully saturated rings. The van der Waals surface area contributed by atoms with Crippen molar-refractivity contribution >= 4 is 17.3 Å². The minimum atomic E-state index is -0.0337. The molecule has 2 N–H and O–H groups in total. The number of carbonyl (C=O) groups excluding carboxylic acids is 1. The Morgan fingerprint density at radius 3 is 2.47 bits per heavy atom. The summed E-state index contributed by atoms with van der Waals surface area (Å²) in [6, 6.07) is 7.71. The van der Waals surface area contributed by atoms with Gasteiger partial charge in [-0.15, -0.1) is 0 Å². The zero-order valence-corrected chi connectivity index (χ0v) is 9.82. The summed E-state index contributed by atoms with van der Waals surface area (Å²) in [6.45, 7) is 0.624. The van der Waals surface area contributed by atoms with Crippen molar-refractivity contribution in [3.05, 3.63) is 35.7 Å². The van der Waals surface area contributed by atoms with Crippen LogP contribution in [0.15, 0.2) is 35.7 Å². The van der Waals surface area contributed by atoms with Crippen molar-refractivity contribution in [3.63, 3.8) is 0 Å². The van der Waals surface area contributed by atoms with Crippen molar-refractivity contribution in [1.29, 1.82) is 0 Å². The number of nitrogens with one attached hydrogen (secondary N) is 2. The largest absolute Gasteiger partial charge is 0.339 e. The number of benzene rings is 1. The van der Waals surface area contributed by atoms with Gasteiger partial charge in [0, 0.05) is 14.1 Å². The third kappa shape index (κ3) is 1.47. The van der Waals surface area contributed by atoms with E-state index >= 15 is 0 Å². The highest BCUT2D eigenvalue weighted by Crippen LogP contribution is 2.31. The molecule has 0 radical (unpaired) electrons. The molecule has 5 heteroatoms. The van der Waals surface area contributed by atoms with Gasteiger partial charge in [0.2, 0.25) is 0 Å². The van der Waals surface area contributed by atoms with Gasteiger partial charge in [0.25, 0.3) is 5.91 Å². The molecule has 2 aliphatic heterocycles. The summed E-state index contributed by atoms with van der Waals surface area (Å²) in [7, 11) is 3.89. The second-order valence-electron chi connectivity index (χ2n) is 4.29. The molecule has 1 aromatic carbocycles. The first-order valence-electron chi connectivity index (χ1n) is 5.52. The number of hydrogen-bond donors (Lipinski definition) is 2. The zero-order valence-electron chi connectivity index (χ0n) is 9.82. The zero-order chi connectivity index (χ0) is 12.0. The van der Waals surface area contributed by atoms with Crippen LogP contribution in [0.2, 0.25) is 0 Å². The van der Waals surface area contributed by atoms with Crippen LogP contribution >= 0.6 is 0 Å². The number of para-hydroxylation sites is 2. The molecule has 0 aliphatic carbocycles. The summed E-state index contributed by atoms with van der Waals surface area (Å²) in [5.41, 5.74) is 2.52. The Morgan fingerprint density at radius 2 is 1.76 bits per heavy atom. The second-order valence-corrected chi connectivity index (χ2v) is 4.29. The lowest BCUT2D eigenvalue weighted by Gasteiger charge is -2.25. The first kappa shape index (κ1) is 10.2. The molecule has 1 amide bonds. The van der Waals surface area contributed by atoms with Gasteiger partial charge in [-0.2, -0.15) is 0 Å². The lowest BCUT2D eigenvalue weighted by molar-refractivity contribution is -0.113. The maximum atomic E-state index is 12.1. The van der Waals surface area contributed by atoms with Gasteiger partial charge in [0.1, 0.15) is 5.82 Å². The van der Waals surface area contributed by atoms with Crippen LogP contribution in [0.5, 0.6) is 0 Å². The number of hydrogen-bond acceptors (Lipinski definition) is 4. The number of amides is 1. The van der Waals surface area contributed by atoms with Crippen LogP contribution in [-0.2, 0) is 4.79 Å². The van der Waals surface area contributed by atoms with E-state index in [0.717, 1.165) is 22.8 Å². The Balaban J connectivity index is 2.07. The van der Waals surface area contributed by atoms with Gasteiger partial charge in [0.15, 0.2) is 0 Å². The predicted molar refractivity (Wildman–Crippen MR) is 66.1 cm³/mol. The molecule has 0 unspecified atom stereocenters. The van der Waals surface area contributed by atoms with E-state index in [4.69, 9.17) is 0 Å². The van der Waals surface area contributed by atoms with E-state index in [2.05, 4.69) is 10.6 Å². The SMILES string of the molecule is CN1CC2=C(Nc3ccccc3NC2=O)N1C. The van der Waals surface area contributed by atoms with Crippen LogP contribution in [-0.4, -0.2) is 36.6 Å². The monoisotopic (exact) mass is 230 g/mol. The molecule has 2 heterocycles. The fourth-order valence-electron chi connectivity index (χ4n) is 2.14. The van der Waals surface area contributed by atoms with E-state index in [-0.39, 0.29) is 5.91 Å². The smallest absolute Gasteiger partial charge is 0.256 e. The molecule has 0 saturated heterocycles. The summed E-state index contributed by atoms with van der Waals surface area (Å²) in [5, 5.41) is 10.2. The second kappa shape index (κ2) is 3.49. The predicted octanol–water partition coefficient (Wildman–Crippen LogP) is 1.05. The van der Waals surface area contributed by atoms with Gasteiger partial charge in [-0.1, -0.05) is 12.1 Å². The minimum absolute atomic E-state index is 0.0337. The van der Waals surface area contributed by atoms with E-state index < -0.39 is 0 Å². The highest BCUT2D eigenvalue weighted by Gasteiger charge is 2.31. The lowest BCUT2D eigenvalue weighted by atomic mass is 10.2. The maximum absolute atomic E-state index is 12.1. The topological polar surface area (TPSA) is 47.6 Å². The first-order valence-corrected chi connectivity index (χ1v) is 5.52. The quantitative estimate of drug-likeness (QED) is 0.699. The number of likely N-dealkylation sites (N-methyl/N-ethyl adjacent to an activating group) is 1. The van der Waals surface area contributed by atoms with Crippen molar-refractivity contribution in [2.45, 2.75) is 0 Å². The number of hydrazine groups is 1. The van der Waals surface area contributed by atoms with Crippen LogP contribution in [0.3, 0.4) is 0 Å². The van der Waals surface area contributed by atoms with E-state index in [1.54, 1.807) is 0 Å². The number of fused-ring (bicyclic) bond motifs is 1. The molecule has 5 nitrogen and oxygen atoms in total. The third-order valence-corrected chi connectivity index (χ3v) is 3.21. The fourth-order valence-corrected chi connectivity index (χ4v) is 2.14. The van der Waals surface area contributed by atoms with E-state index in [1.165, 1.54) is 0 Å². The van der Waals surface area contributed by atoms with Gasteiger partial charge in [0.05, 0.1) is 23.5 Å². The summed E-state index contributed by atoms with van der Waals surface area (Å²) in [5.74, 6) is 0.823. The molecule has 88 valence electrons. The molecule has 0 bridgehead atoms. The minimum Gasteiger partial charge on any atom is -0.339 e. The molecular weight excluding hydrogens is 216 g/mol. The first-order chi connectivity index (χ1) is 8.16. The van der Waals surface area contributed by atoms with Crippen molar-refractivity contribution in [2.75, 3.05) is 31.3 Å². The molecule has 0 saturated carbocycles. The standard InChI is InChI=1S/C12H14N4O/c1-15-7-8-11(16(15)2)13-9-5-3-4-6-10(9)14-12(8)17/h3-6,13H,7H2,1-2H3,(H,14,17). The Kier molecular flexibility index (Phi) is 2.09. The Morgan fingerprint density at radius 1 is 1.12 bits per heavy atom. The number of carbonyl (C=O) groups is 1. The van der Waals surface area contributed by atoms with Crippen molar-refractivity contribution in [3.8, 4) is 0 Å². The van der Waals surface area contributed by atoms with E-state index in [1.807, 2.05) is 48.4 Å². The summed E-state index contributed by atoms with van der Waals surface area (Å²) < 4.78 is 0. The number of anilines is 2. The van der Waals surface area contributed by atoms with Crippen molar-refractivity contribution in [2.24, 2.45) is 0 Å². The molecule has 3 rings (SSSR count). The van der Waals surface area contributed by atoms with Gasteiger partial charge >= 0.3 is 0 Å². The highest BCUT2D eigenvalue weighted by molar-refractivity contribution is 6.08. The molecular formula is C12H14N4O. The molecule has 1 aromatic rings. The molecule has 0 spiro atoms. The summed E-state index contributed by atoms with van der Waals surface area (Å²) in [6.07, 6.45) is 0.